The molecule has 110 valence electrons. The van der Waals surface area contributed by atoms with Crippen LogP contribution >= 0.6 is 0 Å². The molecule has 0 fully saturated rings. The summed E-state index contributed by atoms with van der Waals surface area (Å²) >= 11 is 0. The first-order chi connectivity index (χ1) is 10.6. The maximum atomic E-state index is 11.9. The van der Waals surface area contributed by atoms with Crippen molar-refractivity contribution in [2.45, 2.75) is 6.92 Å². The van der Waals surface area contributed by atoms with Crippen LogP contribution in [0.25, 0.3) is 22.6 Å². The highest BCUT2D eigenvalue weighted by atomic mass is 16.6. The minimum absolute atomic E-state index is 0.357. The van der Waals surface area contributed by atoms with Crippen molar-refractivity contribution >= 4 is 5.69 Å². The molecule has 0 amide bonds. The molecule has 7 heteroatoms. The summed E-state index contributed by atoms with van der Waals surface area (Å²) < 4.78 is 5.19. The Bertz CT molecular complexity index is 897. The van der Waals surface area contributed by atoms with Gasteiger partial charge < -0.3 is 9.51 Å². The number of H-pyrrole nitrogens is 1. The molecule has 3 rings (SSSR count). The second-order valence-corrected chi connectivity index (χ2v) is 4.73. The van der Waals surface area contributed by atoms with E-state index in [2.05, 4.69) is 10.1 Å². The molecule has 0 saturated carbocycles. The first kappa shape index (κ1) is 13.7. The van der Waals surface area contributed by atoms with Crippen LogP contribution in [0.2, 0.25) is 0 Å². The lowest BCUT2D eigenvalue weighted by molar-refractivity contribution is -0.386. The van der Waals surface area contributed by atoms with Crippen LogP contribution in [-0.2, 0) is 0 Å². The number of hydrogen-bond donors (Lipinski definition) is 1. The van der Waals surface area contributed by atoms with Crippen molar-refractivity contribution in [3.63, 3.8) is 0 Å². The van der Waals surface area contributed by atoms with E-state index >= 15 is 0 Å². The third-order valence-electron chi connectivity index (χ3n) is 3.17. The number of nitrogens with one attached hydrogen (secondary N) is 1. The predicted molar refractivity (Wildman–Crippen MR) is 79.4 cm³/mol. The molecule has 1 aromatic carbocycles. The minimum atomic E-state index is -0.760. The molecule has 22 heavy (non-hydrogen) atoms. The predicted octanol–water partition coefficient (Wildman–Crippen LogP) is 2.91. The average molecular weight is 297 g/mol. The van der Waals surface area contributed by atoms with Gasteiger partial charge in [0.1, 0.15) is 0 Å². The second kappa shape index (κ2) is 5.28. The molecule has 0 unspecified atom stereocenters. The standard InChI is InChI=1S/C15H11N3O4/c1-9-7-13(22-17-9)11-8-12(18(20)21)15(19)16-14(11)10-5-3-2-4-6-10/h2-8H,1H3,(H,16,19). The summed E-state index contributed by atoms with van der Waals surface area (Å²) in [5.74, 6) is 0.357. The van der Waals surface area contributed by atoms with Crippen LogP contribution in [0.3, 0.4) is 0 Å². The summed E-state index contributed by atoms with van der Waals surface area (Å²) in [6.45, 7) is 1.75. The Balaban J connectivity index is 2.31. The van der Waals surface area contributed by atoms with Crippen LogP contribution in [0, 0.1) is 17.0 Å². The van der Waals surface area contributed by atoms with Crippen molar-refractivity contribution in [1.82, 2.24) is 10.1 Å². The van der Waals surface area contributed by atoms with Crippen LogP contribution in [0.15, 0.2) is 51.8 Å². The largest absolute Gasteiger partial charge is 0.356 e. The molecule has 0 aliphatic heterocycles. The Morgan fingerprint density at radius 1 is 1.23 bits per heavy atom. The number of nitro groups is 1. The molecule has 0 radical (unpaired) electrons. The molecule has 0 atom stereocenters. The van der Waals surface area contributed by atoms with Crippen LogP contribution in [0.4, 0.5) is 5.69 Å². The maximum absolute atomic E-state index is 11.9. The van der Waals surface area contributed by atoms with Gasteiger partial charge in [-0.15, -0.1) is 0 Å². The summed E-state index contributed by atoms with van der Waals surface area (Å²) in [5.41, 5.74) is 0.930. The van der Waals surface area contributed by atoms with Crippen LogP contribution in [-0.4, -0.2) is 15.1 Å². The van der Waals surface area contributed by atoms with E-state index in [1.807, 2.05) is 18.2 Å². The van der Waals surface area contributed by atoms with Crippen LogP contribution in [0.1, 0.15) is 5.69 Å². The fourth-order valence-corrected chi connectivity index (χ4v) is 2.17. The SMILES string of the molecule is Cc1cc(-c2cc([N+](=O)[O-])c(=O)[nH]c2-c2ccccc2)on1. The van der Waals surface area contributed by atoms with Crippen molar-refractivity contribution in [3.8, 4) is 22.6 Å². The molecule has 3 aromatic rings. The normalized spacial score (nSPS) is 10.6. The Labute approximate surface area is 124 Å². The van der Waals surface area contributed by atoms with E-state index in [-0.39, 0.29) is 0 Å². The van der Waals surface area contributed by atoms with Gasteiger partial charge in [-0.1, -0.05) is 35.5 Å². The van der Waals surface area contributed by atoms with Crippen LogP contribution < -0.4 is 5.56 Å². The second-order valence-electron chi connectivity index (χ2n) is 4.73. The molecule has 1 N–H and O–H groups in total. The zero-order valence-corrected chi connectivity index (χ0v) is 11.6. The number of aromatic nitrogens is 2. The lowest BCUT2D eigenvalue weighted by Gasteiger charge is -2.06. The molecule has 0 aliphatic rings. The first-order valence-electron chi connectivity index (χ1n) is 6.47. The van der Waals surface area contributed by atoms with E-state index in [1.54, 1.807) is 25.1 Å². The lowest BCUT2D eigenvalue weighted by atomic mass is 10.0. The topological polar surface area (TPSA) is 102 Å². The molecule has 7 nitrogen and oxygen atoms in total. The molecule has 2 heterocycles. The molecule has 0 spiro atoms. The van der Waals surface area contributed by atoms with Gasteiger partial charge in [-0.3, -0.25) is 14.9 Å². The van der Waals surface area contributed by atoms with Crippen LogP contribution in [0.5, 0.6) is 0 Å². The summed E-state index contributed by atoms with van der Waals surface area (Å²) in [6, 6.07) is 11.9. The Morgan fingerprint density at radius 2 is 1.95 bits per heavy atom. The van der Waals surface area contributed by atoms with E-state index in [4.69, 9.17) is 4.52 Å². The van der Waals surface area contributed by atoms with E-state index in [9.17, 15) is 14.9 Å². The zero-order chi connectivity index (χ0) is 15.7. The fourth-order valence-electron chi connectivity index (χ4n) is 2.17. The number of benzene rings is 1. The number of hydrogen-bond acceptors (Lipinski definition) is 5. The van der Waals surface area contributed by atoms with Gasteiger partial charge in [0.05, 0.1) is 21.9 Å². The van der Waals surface area contributed by atoms with Gasteiger partial charge in [-0.25, -0.2) is 0 Å². The third-order valence-corrected chi connectivity index (χ3v) is 3.17. The highest BCUT2D eigenvalue weighted by molar-refractivity contribution is 5.79. The van der Waals surface area contributed by atoms with E-state index < -0.39 is 16.2 Å². The van der Waals surface area contributed by atoms with E-state index in [0.717, 1.165) is 5.56 Å². The Morgan fingerprint density at radius 3 is 2.55 bits per heavy atom. The van der Waals surface area contributed by atoms with Crippen molar-refractivity contribution in [2.24, 2.45) is 0 Å². The quantitative estimate of drug-likeness (QED) is 0.591. The van der Waals surface area contributed by atoms with Crippen molar-refractivity contribution < 1.29 is 9.45 Å². The van der Waals surface area contributed by atoms with Crippen molar-refractivity contribution in [2.75, 3.05) is 0 Å². The van der Waals surface area contributed by atoms with Crippen molar-refractivity contribution in [3.05, 3.63) is 68.6 Å². The molecule has 0 bridgehead atoms. The average Bonchev–Trinajstić information content (AvgIpc) is 2.94. The summed E-state index contributed by atoms with van der Waals surface area (Å²) in [5, 5.41) is 14.8. The number of rotatable bonds is 3. The number of aromatic amines is 1. The number of pyridine rings is 1. The van der Waals surface area contributed by atoms with Gasteiger partial charge >= 0.3 is 11.2 Å². The smallest absolute Gasteiger partial charge is 0.334 e. The summed E-state index contributed by atoms with van der Waals surface area (Å²) in [6.07, 6.45) is 0. The minimum Gasteiger partial charge on any atom is -0.356 e. The number of nitrogens with zero attached hydrogens (tertiary/aromatic N) is 2. The molecular weight excluding hydrogens is 286 g/mol. The van der Waals surface area contributed by atoms with Gasteiger partial charge in [-0.05, 0) is 12.5 Å². The molecule has 0 saturated heterocycles. The monoisotopic (exact) mass is 297 g/mol. The van der Waals surface area contributed by atoms with E-state index in [0.29, 0.717) is 22.7 Å². The van der Waals surface area contributed by atoms with E-state index in [1.165, 1.54) is 6.07 Å². The first-order valence-corrected chi connectivity index (χ1v) is 6.47. The molecule has 2 aromatic heterocycles. The zero-order valence-electron chi connectivity index (χ0n) is 11.6. The molecular formula is C15H11N3O4. The number of aryl methyl sites for hydroxylation is 1. The van der Waals surface area contributed by atoms with Gasteiger partial charge in [0.2, 0.25) is 0 Å². The third kappa shape index (κ3) is 2.39. The molecule has 0 aliphatic carbocycles. The highest BCUT2D eigenvalue weighted by Crippen LogP contribution is 2.31. The summed E-state index contributed by atoms with van der Waals surface area (Å²) in [7, 11) is 0. The lowest BCUT2D eigenvalue weighted by Crippen LogP contribution is -2.13. The summed E-state index contributed by atoms with van der Waals surface area (Å²) in [4.78, 5) is 24.7. The maximum Gasteiger partial charge on any atom is 0.334 e. The van der Waals surface area contributed by atoms with Gasteiger partial charge in [0, 0.05) is 12.1 Å². The van der Waals surface area contributed by atoms with Gasteiger partial charge in [-0.2, -0.15) is 0 Å². The Hall–Kier alpha value is -3.22. The fraction of sp³-hybridized carbons (Fsp3) is 0.0667. The Kier molecular flexibility index (Phi) is 3.30. The van der Waals surface area contributed by atoms with Gasteiger partial charge in [0.25, 0.3) is 0 Å². The van der Waals surface area contributed by atoms with Crippen molar-refractivity contribution in [1.29, 1.82) is 0 Å². The highest BCUT2D eigenvalue weighted by Gasteiger charge is 2.21. The van der Waals surface area contributed by atoms with Gasteiger partial charge in [0.15, 0.2) is 5.76 Å².